The summed E-state index contributed by atoms with van der Waals surface area (Å²) >= 11 is 0. The fourth-order valence-corrected chi connectivity index (χ4v) is 7.25. The number of sulfonamides is 1. The van der Waals surface area contributed by atoms with E-state index in [1.54, 1.807) is 46.9 Å². The van der Waals surface area contributed by atoms with Gasteiger partial charge in [-0.25, -0.2) is 13.4 Å². The molecule has 0 aliphatic carbocycles. The Hall–Kier alpha value is -4.35. The molecule has 0 saturated carbocycles. The molecule has 1 fully saturated rings. The second kappa shape index (κ2) is 14.2. The maximum absolute atomic E-state index is 14.0. The normalized spacial score (nSPS) is 14.7. The minimum Gasteiger partial charge on any atom is -0.490 e. The molecule has 1 saturated heterocycles. The number of rotatable bonds is 12. The van der Waals surface area contributed by atoms with Crippen LogP contribution in [0.2, 0.25) is 0 Å². The van der Waals surface area contributed by atoms with E-state index in [9.17, 15) is 13.2 Å². The van der Waals surface area contributed by atoms with Crippen molar-refractivity contribution in [3.05, 3.63) is 84.1 Å². The highest BCUT2D eigenvalue weighted by Gasteiger charge is 2.29. The molecule has 0 radical (unpaired) electrons. The Morgan fingerprint density at radius 2 is 1.78 bits per heavy atom. The molecule has 5 rings (SSSR count). The number of benzene rings is 3. The molecular formula is C34H41N5O5S. The summed E-state index contributed by atoms with van der Waals surface area (Å²) in [6.07, 6.45) is 4.29. The Morgan fingerprint density at radius 3 is 2.53 bits per heavy atom. The number of nitrogens with zero attached hydrogens (tertiary/aromatic N) is 2. The van der Waals surface area contributed by atoms with Crippen LogP contribution in [0.4, 0.5) is 11.5 Å². The number of carbonyl (C=O) groups is 1. The van der Waals surface area contributed by atoms with Crippen molar-refractivity contribution >= 4 is 38.2 Å². The van der Waals surface area contributed by atoms with Crippen molar-refractivity contribution in [1.82, 2.24) is 14.6 Å². The highest BCUT2D eigenvalue weighted by Crippen LogP contribution is 2.34. The van der Waals surface area contributed by atoms with Gasteiger partial charge in [0.15, 0.2) is 11.5 Å². The zero-order chi connectivity index (χ0) is 32.0. The van der Waals surface area contributed by atoms with Gasteiger partial charge in [-0.1, -0.05) is 30.7 Å². The predicted molar refractivity (Wildman–Crippen MR) is 177 cm³/mol. The van der Waals surface area contributed by atoms with E-state index in [0.717, 1.165) is 30.0 Å². The summed E-state index contributed by atoms with van der Waals surface area (Å²) in [6.45, 7) is 7.22. The van der Waals surface area contributed by atoms with E-state index in [1.807, 2.05) is 51.1 Å². The highest BCUT2D eigenvalue weighted by molar-refractivity contribution is 7.89. The van der Waals surface area contributed by atoms with Crippen molar-refractivity contribution in [2.75, 3.05) is 30.7 Å². The largest absolute Gasteiger partial charge is 0.490 e. The van der Waals surface area contributed by atoms with E-state index in [1.165, 1.54) is 0 Å². The molecule has 1 aromatic heterocycles. The number of fused-ring (bicyclic) bond motifs is 1. The third kappa shape index (κ3) is 7.49. The fraction of sp³-hybridized carbons (Fsp3) is 0.353. The minimum absolute atomic E-state index is 0.0348. The first-order valence-corrected chi connectivity index (χ1v) is 16.8. The second-order valence-corrected chi connectivity index (χ2v) is 13.2. The Kier molecular flexibility index (Phi) is 10.1. The van der Waals surface area contributed by atoms with Crippen molar-refractivity contribution in [1.29, 1.82) is 0 Å². The van der Waals surface area contributed by atoms with E-state index in [2.05, 4.69) is 15.6 Å². The summed E-state index contributed by atoms with van der Waals surface area (Å²) in [5.41, 5.74) is 7.93. The van der Waals surface area contributed by atoms with Gasteiger partial charge < -0.3 is 25.8 Å². The van der Waals surface area contributed by atoms with Crippen molar-refractivity contribution in [2.24, 2.45) is 0 Å². The van der Waals surface area contributed by atoms with E-state index in [4.69, 9.17) is 15.2 Å². The standard InChI is InChI=1S/C34H41N5O5S/c1-4-43-30-21-25(12-15-29(30)44-23(2)3)32(38-27-13-14-28-24(20-27)16-17-36-33(28)35)34(40)37-22-26-10-6-7-11-31(26)45(41,42)39-18-8-5-9-19-39/h6-7,10-17,20-21,23,32,38H,4-5,8-9,18-19,22H2,1-3H3,(H2,35,36)(H,37,40)/t32-/m1/s1. The lowest BCUT2D eigenvalue weighted by molar-refractivity contribution is -0.122. The average Bonchev–Trinajstić information content (AvgIpc) is 3.04. The Bertz CT molecular complexity index is 1760. The van der Waals surface area contributed by atoms with Gasteiger partial charge in [-0.15, -0.1) is 0 Å². The summed E-state index contributed by atoms with van der Waals surface area (Å²) in [6, 6.07) is 18.9. The summed E-state index contributed by atoms with van der Waals surface area (Å²) in [7, 11) is -3.69. The minimum atomic E-state index is -3.69. The summed E-state index contributed by atoms with van der Waals surface area (Å²) in [5, 5.41) is 8.05. The molecule has 1 amide bonds. The topological polar surface area (TPSA) is 136 Å². The summed E-state index contributed by atoms with van der Waals surface area (Å²) in [4.78, 5) is 18.4. The van der Waals surface area contributed by atoms with Crippen LogP contribution in [-0.2, 0) is 21.4 Å². The van der Waals surface area contributed by atoms with Crippen LogP contribution < -0.4 is 25.8 Å². The van der Waals surface area contributed by atoms with Crippen LogP contribution >= 0.6 is 0 Å². The SMILES string of the molecule is CCOc1cc([C@@H](Nc2ccc3c(N)nccc3c2)C(=O)NCc2ccccc2S(=O)(=O)N2CCCCC2)ccc1OC(C)C. The van der Waals surface area contributed by atoms with E-state index < -0.39 is 16.1 Å². The molecule has 0 unspecified atom stereocenters. The molecule has 3 aromatic carbocycles. The van der Waals surface area contributed by atoms with E-state index in [-0.39, 0.29) is 23.5 Å². The first-order valence-electron chi connectivity index (χ1n) is 15.4. The number of nitrogens with one attached hydrogen (secondary N) is 2. The molecule has 11 heteroatoms. The molecule has 238 valence electrons. The number of anilines is 2. The maximum Gasteiger partial charge on any atom is 0.247 e. The Morgan fingerprint density at radius 1 is 1.00 bits per heavy atom. The molecular weight excluding hydrogens is 590 g/mol. The van der Waals surface area contributed by atoms with Crippen molar-refractivity contribution < 1.29 is 22.7 Å². The van der Waals surface area contributed by atoms with Crippen LogP contribution in [0.5, 0.6) is 11.5 Å². The number of aromatic nitrogens is 1. The summed E-state index contributed by atoms with van der Waals surface area (Å²) in [5.74, 6) is 1.20. The van der Waals surface area contributed by atoms with Crippen LogP contribution in [0.1, 0.15) is 57.2 Å². The number of nitrogens with two attached hydrogens (primary N) is 1. The molecule has 4 N–H and O–H groups in total. The van der Waals surface area contributed by atoms with Gasteiger partial charge in [0.1, 0.15) is 11.9 Å². The van der Waals surface area contributed by atoms with E-state index >= 15 is 0 Å². The molecule has 45 heavy (non-hydrogen) atoms. The first-order chi connectivity index (χ1) is 21.7. The Balaban J connectivity index is 1.46. The number of ether oxygens (including phenoxy) is 2. The molecule has 4 aromatic rings. The molecule has 1 atom stereocenters. The zero-order valence-electron chi connectivity index (χ0n) is 26.0. The van der Waals surface area contributed by atoms with Gasteiger partial charge in [-0.2, -0.15) is 4.31 Å². The third-order valence-corrected chi connectivity index (χ3v) is 9.69. The van der Waals surface area contributed by atoms with Crippen LogP contribution in [0, 0.1) is 0 Å². The highest BCUT2D eigenvalue weighted by atomic mass is 32.2. The first kappa shape index (κ1) is 32.1. The number of piperidine rings is 1. The van der Waals surface area contributed by atoms with Crippen molar-refractivity contribution in [3.63, 3.8) is 0 Å². The van der Waals surface area contributed by atoms with Gasteiger partial charge in [0.05, 0.1) is 17.6 Å². The number of hydrogen-bond acceptors (Lipinski definition) is 8. The number of carbonyl (C=O) groups excluding carboxylic acids is 1. The molecule has 10 nitrogen and oxygen atoms in total. The molecule has 0 spiro atoms. The molecule has 1 aliphatic heterocycles. The van der Waals surface area contributed by atoms with Crippen molar-refractivity contribution in [3.8, 4) is 11.5 Å². The van der Waals surface area contributed by atoms with Crippen LogP contribution in [0.3, 0.4) is 0 Å². The molecule has 1 aliphatic rings. The number of amides is 1. The van der Waals surface area contributed by atoms with Gasteiger partial charge in [0, 0.05) is 36.9 Å². The fourth-order valence-electron chi connectivity index (χ4n) is 5.51. The molecule has 0 bridgehead atoms. The maximum atomic E-state index is 14.0. The average molecular weight is 632 g/mol. The monoisotopic (exact) mass is 631 g/mol. The van der Waals surface area contributed by atoms with Gasteiger partial charge in [-0.05, 0) is 92.6 Å². The smallest absolute Gasteiger partial charge is 0.247 e. The predicted octanol–water partition coefficient (Wildman–Crippen LogP) is 5.65. The summed E-state index contributed by atoms with van der Waals surface area (Å²) < 4.78 is 40.5. The quantitative estimate of drug-likeness (QED) is 0.183. The second-order valence-electron chi connectivity index (χ2n) is 11.3. The molecule has 2 heterocycles. The Labute approximate surface area is 265 Å². The van der Waals surface area contributed by atoms with Gasteiger partial charge >= 0.3 is 0 Å². The lowest BCUT2D eigenvalue weighted by atomic mass is 10.0. The zero-order valence-corrected chi connectivity index (χ0v) is 26.8. The van der Waals surface area contributed by atoms with Crippen LogP contribution in [-0.4, -0.2) is 49.4 Å². The van der Waals surface area contributed by atoms with Crippen LogP contribution in [0.15, 0.2) is 77.8 Å². The number of hydrogen-bond donors (Lipinski definition) is 3. The number of pyridine rings is 1. The van der Waals surface area contributed by atoms with Gasteiger partial charge in [0.2, 0.25) is 15.9 Å². The van der Waals surface area contributed by atoms with E-state index in [0.29, 0.717) is 53.8 Å². The lowest BCUT2D eigenvalue weighted by Crippen LogP contribution is -2.37. The van der Waals surface area contributed by atoms with Crippen LogP contribution in [0.25, 0.3) is 10.8 Å². The van der Waals surface area contributed by atoms with Gasteiger partial charge in [-0.3, -0.25) is 4.79 Å². The lowest BCUT2D eigenvalue weighted by Gasteiger charge is -2.27. The number of nitrogen functional groups attached to an aromatic ring is 1. The van der Waals surface area contributed by atoms with Gasteiger partial charge in [0.25, 0.3) is 0 Å². The third-order valence-electron chi connectivity index (χ3n) is 7.69. The van der Waals surface area contributed by atoms with Crippen molar-refractivity contribution in [2.45, 2.75) is 63.6 Å².